The quantitative estimate of drug-likeness (QED) is 0.763. The maximum absolute atomic E-state index is 11.6. The van der Waals surface area contributed by atoms with Gasteiger partial charge in [-0.1, -0.05) is 18.2 Å². The van der Waals surface area contributed by atoms with Crippen molar-refractivity contribution in [2.24, 2.45) is 0 Å². The molecule has 1 atom stereocenters. The number of benzene rings is 1. The molecule has 106 valence electrons. The van der Waals surface area contributed by atoms with Gasteiger partial charge in [-0.15, -0.1) is 0 Å². The van der Waals surface area contributed by atoms with Crippen molar-refractivity contribution < 1.29 is 18.3 Å². The van der Waals surface area contributed by atoms with Crippen LogP contribution in [0.2, 0.25) is 0 Å². The Balaban J connectivity index is 2.49. The van der Waals surface area contributed by atoms with Crippen LogP contribution in [0, 0.1) is 0 Å². The summed E-state index contributed by atoms with van der Waals surface area (Å²) in [7, 11) is -1.98. The molecule has 19 heavy (non-hydrogen) atoms. The molecule has 0 aromatic heterocycles. The first kappa shape index (κ1) is 15.5. The van der Waals surface area contributed by atoms with Gasteiger partial charge < -0.3 is 10.0 Å². The molecule has 0 aliphatic rings. The van der Waals surface area contributed by atoms with Crippen molar-refractivity contribution in [1.82, 2.24) is 4.72 Å². The molecule has 0 amide bonds. The maximum atomic E-state index is 11.6. The molecule has 6 nitrogen and oxygen atoms in total. The topological polar surface area (TPSA) is 86.7 Å². The van der Waals surface area contributed by atoms with Crippen LogP contribution in [0.4, 0.5) is 5.69 Å². The third-order valence-corrected chi connectivity index (χ3v) is 4.50. The van der Waals surface area contributed by atoms with E-state index < -0.39 is 21.2 Å². The van der Waals surface area contributed by atoms with Gasteiger partial charge in [-0.05, 0) is 19.1 Å². The molecule has 1 aromatic carbocycles. The summed E-state index contributed by atoms with van der Waals surface area (Å²) in [6.45, 7) is 1.76. The predicted molar refractivity (Wildman–Crippen MR) is 73.7 cm³/mol. The van der Waals surface area contributed by atoms with Gasteiger partial charge in [-0.3, -0.25) is 4.79 Å². The maximum Gasteiger partial charge on any atom is 0.323 e. The van der Waals surface area contributed by atoms with Crippen LogP contribution >= 0.6 is 0 Å². The number of nitrogens with zero attached hydrogens (tertiary/aromatic N) is 1. The molecular weight excluding hydrogens is 268 g/mol. The van der Waals surface area contributed by atoms with Crippen LogP contribution in [-0.2, 0) is 14.8 Å². The number of carbonyl (C=O) groups is 1. The minimum atomic E-state index is -3.81. The fraction of sp³-hybridized carbons (Fsp3) is 0.417. The smallest absolute Gasteiger partial charge is 0.323 e. The number of nitrogens with one attached hydrogen (secondary N) is 1. The standard InChI is InChI=1S/C12H18N2O4S/c1-10(12(15)16)19(17,18)13-8-9-14(2)11-6-4-3-5-7-11/h3-7,10,13H,8-9H2,1-2H3,(H,15,16). The van der Waals surface area contributed by atoms with Gasteiger partial charge in [0.05, 0.1) is 0 Å². The molecule has 0 heterocycles. The van der Waals surface area contributed by atoms with Crippen molar-refractivity contribution in [2.45, 2.75) is 12.2 Å². The van der Waals surface area contributed by atoms with E-state index in [0.717, 1.165) is 12.6 Å². The highest BCUT2D eigenvalue weighted by molar-refractivity contribution is 7.90. The summed E-state index contributed by atoms with van der Waals surface area (Å²) in [5.74, 6) is -1.36. The van der Waals surface area contributed by atoms with Crippen LogP contribution in [0.1, 0.15) is 6.92 Å². The minimum Gasteiger partial charge on any atom is -0.480 e. The second-order valence-electron chi connectivity index (χ2n) is 4.18. The highest BCUT2D eigenvalue weighted by Crippen LogP contribution is 2.09. The zero-order valence-corrected chi connectivity index (χ0v) is 11.7. The Hall–Kier alpha value is -1.60. The SMILES string of the molecule is CC(C(=O)O)S(=O)(=O)NCCN(C)c1ccccc1. The van der Waals surface area contributed by atoms with Crippen LogP contribution in [0.5, 0.6) is 0 Å². The van der Waals surface area contributed by atoms with Crippen LogP contribution in [0.25, 0.3) is 0 Å². The summed E-state index contributed by atoms with van der Waals surface area (Å²) < 4.78 is 25.4. The van der Waals surface area contributed by atoms with Gasteiger partial charge in [-0.2, -0.15) is 0 Å². The number of carboxylic acid groups (broad SMARTS) is 1. The predicted octanol–water partition coefficient (Wildman–Crippen LogP) is 0.515. The van der Waals surface area contributed by atoms with E-state index in [1.807, 2.05) is 42.3 Å². The van der Waals surface area contributed by atoms with Crippen molar-refractivity contribution in [3.05, 3.63) is 30.3 Å². The van der Waals surface area contributed by atoms with E-state index in [0.29, 0.717) is 6.54 Å². The number of para-hydroxylation sites is 1. The van der Waals surface area contributed by atoms with Gasteiger partial charge in [0.1, 0.15) is 0 Å². The molecular formula is C12H18N2O4S. The minimum absolute atomic E-state index is 0.158. The lowest BCUT2D eigenvalue weighted by Crippen LogP contribution is -2.40. The van der Waals surface area contributed by atoms with Gasteiger partial charge >= 0.3 is 5.97 Å². The fourth-order valence-electron chi connectivity index (χ4n) is 1.42. The number of anilines is 1. The van der Waals surface area contributed by atoms with Gasteiger partial charge in [0, 0.05) is 25.8 Å². The number of carboxylic acids is 1. The molecule has 0 spiro atoms. The Morgan fingerprint density at radius 3 is 2.47 bits per heavy atom. The van der Waals surface area contributed by atoms with Crippen LogP contribution in [-0.4, -0.2) is 44.9 Å². The second kappa shape index (κ2) is 6.53. The highest BCUT2D eigenvalue weighted by atomic mass is 32.2. The van der Waals surface area contributed by atoms with Crippen LogP contribution < -0.4 is 9.62 Å². The van der Waals surface area contributed by atoms with E-state index in [4.69, 9.17) is 5.11 Å². The highest BCUT2D eigenvalue weighted by Gasteiger charge is 2.26. The number of rotatable bonds is 7. The van der Waals surface area contributed by atoms with E-state index in [-0.39, 0.29) is 6.54 Å². The van der Waals surface area contributed by atoms with E-state index in [2.05, 4.69) is 4.72 Å². The summed E-state index contributed by atoms with van der Waals surface area (Å²) in [4.78, 5) is 12.5. The Labute approximate surface area is 113 Å². The third-order valence-electron chi connectivity index (χ3n) is 2.76. The lowest BCUT2D eigenvalue weighted by Gasteiger charge is -2.19. The van der Waals surface area contributed by atoms with Crippen molar-refractivity contribution in [3.63, 3.8) is 0 Å². The van der Waals surface area contributed by atoms with Gasteiger partial charge in [0.25, 0.3) is 0 Å². The Morgan fingerprint density at radius 1 is 1.37 bits per heavy atom. The molecule has 0 saturated carbocycles. The van der Waals surface area contributed by atoms with E-state index in [1.165, 1.54) is 0 Å². The molecule has 0 aliphatic heterocycles. The summed E-state index contributed by atoms with van der Waals surface area (Å²) in [5, 5.41) is 7.23. The summed E-state index contributed by atoms with van der Waals surface area (Å²) in [5.41, 5.74) is 0.966. The molecule has 1 unspecified atom stereocenters. The van der Waals surface area contributed by atoms with Gasteiger partial charge in [0.15, 0.2) is 5.25 Å². The summed E-state index contributed by atoms with van der Waals surface area (Å²) in [6.07, 6.45) is 0. The Bertz CT molecular complexity index is 516. The number of aliphatic carboxylic acids is 1. The van der Waals surface area contributed by atoms with Crippen molar-refractivity contribution in [1.29, 1.82) is 0 Å². The average Bonchev–Trinajstić information content (AvgIpc) is 2.38. The Kier molecular flexibility index (Phi) is 5.31. The largest absolute Gasteiger partial charge is 0.480 e. The molecule has 1 aromatic rings. The summed E-state index contributed by atoms with van der Waals surface area (Å²) in [6, 6.07) is 9.50. The molecule has 0 aliphatic carbocycles. The molecule has 1 rings (SSSR count). The van der Waals surface area contributed by atoms with Crippen LogP contribution in [0.15, 0.2) is 30.3 Å². The third kappa shape index (κ3) is 4.53. The van der Waals surface area contributed by atoms with Crippen LogP contribution in [0.3, 0.4) is 0 Å². The van der Waals surface area contributed by atoms with Crippen molar-refractivity contribution in [2.75, 3.05) is 25.0 Å². The lowest BCUT2D eigenvalue weighted by atomic mass is 10.3. The second-order valence-corrected chi connectivity index (χ2v) is 6.26. The molecule has 0 bridgehead atoms. The number of hydrogen-bond acceptors (Lipinski definition) is 4. The van der Waals surface area contributed by atoms with Gasteiger partial charge in [0.2, 0.25) is 10.0 Å². The molecule has 2 N–H and O–H groups in total. The first-order valence-electron chi connectivity index (χ1n) is 5.82. The Morgan fingerprint density at radius 2 is 1.95 bits per heavy atom. The monoisotopic (exact) mass is 286 g/mol. The van der Waals surface area contributed by atoms with E-state index in [1.54, 1.807) is 0 Å². The fourth-order valence-corrected chi connectivity index (χ4v) is 2.32. The first-order chi connectivity index (χ1) is 8.84. The van der Waals surface area contributed by atoms with Crippen molar-refractivity contribution >= 4 is 21.7 Å². The number of hydrogen-bond donors (Lipinski definition) is 2. The van der Waals surface area contributed by atoms with E-state index in [9.17, 15) is 13.2 Å². The normalized spacial score (nSPS) is 12.9. The molecule has 0 saturated heterocycles. The molecule has 7 heteroatoms. The van der Waals surface area contributed by atoms with Gasteiger partial charge in [-0.25, -0.2) is 13.1 Å². The number of sulfonamides is 1. The zero-order valence-electron chi connectivity index (χ0n) is 10.9. The lowest BCUT2D eigenvalue weighted by molar-refractivity contribution is -0.136. The number of likely N-dealkylation sites (N-methyl/N-ethyl adjacent to an activating group) is 1. The molecule has 0 radical (unpaired) electrons. The average molecular weight is 286 g/mol. The first-order valence-corrected chi connectivity index (χ1v) is 7.36. The summed E-state index contributed by atoms with van der Waals surface area (Å²) >= 11 is 0. The van der Waals surface area contributed by atoms with E-state index >= 15 is 0 Å². The van der Waals surface area contributed by atoms with Crippen molar-refractivity contribution in [3.8, 4) is 0 Å². The molecule has 0 fully saturated rings. The zero-order chi connectivity index (χ0) is 14.5.